The lowest BCUT2D eigenvalue weighted by atomic mass is 10.1. The predicted octanol–water partition coefficient (Wildman–Crippen LogP) is 3.74. The number of rotatable bonds is 5. The van der Waals surface area contributed by atoms with Crippen LogP contribution in [-0.4, -0.2) is 13.2 Å². The topological polar surface area (TPSA) is 34.1 Å². The first-order valence-electron chi connectivity index (χ1n) is 6.11. The highest BCUT2D eigenvalue weighted by Gasteiger charge is 2.38. The Bertz CT molecular complexity index is 446. The van der Waals surface area contributed by atoms with Crippen molar-refractivity contribution < 1.29 is 8.42 Å². The molecule has 0 bridgehead atoms. The van der Waals surface area contributed by atoms with Crippen LogP contribution in [0.1, 0.15) is 51.3 Å². The minimum absolute atomic E-state index is 0.440. The van der Waals surface area contributed by atoms with E-state index >= 15 is 0 Å². The van der Waals surface area contributed by atoms with Gasteiger partial charge < -0.3 is 0 Å². The summed E-state index contributed by atoms with van der Waals surface area (Å²) in [5.74, 6) is 0. The van der Waals surface area contributed by atoms with E-state index in [0.717, 1.165) is 12.0 Å². The monoisotopic (exact) mass is 254 g/mol. The van der Waals surface area contributed by atoms with E-state index in [0.29, 0.717) is 6.42 Å². The first-order chi connectivity index (χ1) is 7.83. The van der Waals surface area contributed by atoms with Gasteiger partial charge in [0.05, 0.1) is 10.00 Å². The lowest BCUT2D eigenvalue weighted by Gasteiger charge is -2.28. The third kappa shape index (κ3) is 2.89. The quantitative estimate of drug-likeness (QED) is 0.802. The Labute approximate surface area is 105 Å². The molecule has 0 heterocycles. The molecule has 1 rings (SSSR count). The Hall–Kier alpha value is -0.830. The Balaban J connectivity index is 3.07. The van der Waals surface area contributed by atoms with Gasteiger partial charge in [-0.25, -0.2) is 8.42 Å². The second-order valence-corrected chi connectivity index (χ2v) is 8.01. The molecule has 2 nitrogen and oxygen atoms in total. The second-order valence-electron chi connectivity index (χ2n) is 5.11. The third-order valence-corrected chi connectivity index (χ3v) is 6.30. The van der Waals surface area contributed by atoms with Crippen molar-refractivity contribution in [2.45, 2.75) is 50.5 Å². The normalized spacial score (nSPS) is 14.6. The summed E-state index contributed by atoms with van der Waals surface area (Å²) in [7, 11) is -3.15. The summed E-state index contributed by atoms with van der Waals surface area (Å²) in [6.07, 6.45) is 1.58. The smallest absolute Gasteiger partial charge is 0.162 e. The van der Waals surface area contributed by atoms with Crippen LogP contribution in [-0.2, 0) is 9.84 Å². The summed E-state index contributed by atoms with van der Waals surface area (Å²) < 4.78 is 24.4. The zero-order valence-corrected chi connectivity index (χ0v) is 11.9. The van der Waals surface area contributed by atoms with Gasteiger partial charge in [0.25, 0.3) is 0 Å². The summed E-state index contributed by atoms with van der Waals surface area (Å²) in [5, 5.41) is -0.440. The molecule has 17 heavy (non-hydrogen) atoms. The maximum atomic E-state index is 12.5. The lowest BCUT2D eigenvalue weighted by molar-refractivity contribution is 0.514. The molecule has 1 atom stereocenters. The number of benzene rings is 1. The fraction of sp³-hybridized carbons (Fsp3) is 0.571. The van der Waals surface area contributed by atoms with Crippen molar-refractivity contribution in [3.63, 3.8) is 0 Å². The third-order valence-electron chi connectivity index (χ3n) is 3.36. The van der Waals surface area contributed by atoms with Crippen molar-refractivity contribution in [3.05, 3.63) is 35.9 Å². The van der Waals surface area contributed by atoms with E-state index in [1.54, 1.807) is 6.92 Å². The van der Waals surface area contributed by atoms with Gasteiger partial charge in [-0.3, -0.25) is 0 Å². The molecular weight excluding hydrogens is 232 g/mol. The van der Waals surface area contributed by atoms with Crippen molar-refractivity contribution >= 4 is 9.84 Å². The van der Waals surface area contributed by atoms with Crippen LogP contribution in [0.2, 0.25) is 0 Å². The van der Waals surface area contributed by atoms with Crippen LogP contribution in [0.25, 0.3) is 0 Å². The highest BCUT2D eigenvalue weighted by atomic mass is 32.2. The Kier molecular flexibility index (Phi) is 4.36. The summed E-state index contributed by atoms with van der Waals surface area (Å²) in [5.41, 5.74) is 0.872. The largest absolute Gasteiger partial charge is 0.228 e. The maximum absolute atomic E-state index is 12.5. The van der Waals surface area contributed by atoms with Gasteiger partial charge in [-0.05, 0) is 32.8 Å². The second kappa shape index (κ2) is 5.21. The fourth-order valence-corrected chi connectivity index (χ4v) is 4.09. The highest BCUT2D eigenvalue weighted by Crippen LogP contribution is 2.34. The molecule has 0 N–H and O–H groups in total. The highest BCUT2D eigenvalue weighted by molar-refractivity contribution is 7.93. The molecule has 0 aliphatic heterocycles. The Morgan fingerprint density at radius 3 is 2.18 bits per heavy atom. The molecule has 1 aromatic carbocycles. The molecule has 0 saturated carbocycles. The molecule has 0 aromatic heterocycles. The summed E-state index contributed by atoms with van der Waals surface area (Å²) >= 11 is 0. The average molecular weight is 254 g/mol. The minimum atomic E-state index is -3.15. The first-order valence-corrected chi connectivity index (χ1v) is 7.66. The molecule has 0 fully saturated rings. The van der Waals surface area contributed by atoms with Crippen molar-refractivity contribution in [3.8, 4) is 0 Å². The van der Waals surface area contributed by atoms with E-state index in [9.17, 15) is 8.42 Å². The lowest BCUT2D eigenvalue weighted by Crippen LogP contribution is -2.34. The van der Waals surface area contributed by atoms with Crippen LogP contribution in [0.15, 0.2) is 30.3 Å². The molecule has 96 valence electrons. The van der Waals surface area contributed by atoms with Crippen LogP contribution in [0.5, 0.6) is 0 Å². The molecule has 0 aliphatic rings. The maximum Gasteiger partial charge on any atom is 0.162 e. The molecule has 1 unspecified atom stereocenters. The van der Waals surface area contributed by atoms with Crippen LogP contribution in [0.3, 0.4) is 0 Å². The molecule has 0 saturated heterocycles. The van der Waals surface area contributed by atoms with Gasteiger partial charge in [-0.1, -0.05) is 43.7 Å². The Morgan fingerprint density at radius 2 is 1.71 bits per heavy atom. The fourth-order valence-electron chi connectivity index (χ4n) is 2.13. The summed E-state index contributed by atoms with van der Waals surface area (Å²) in [6, 6.07) is 9.43. The van der Waals surface area contributed by atoms with Gasteiger partial charge >= 0.3 is 0 Å². The molecule has 1 aromatic rings. The number of sulfone groups is 1. The predicted molar refractivity (Wildman–Crippen MR) is 72.8 cm³/mol. The van der Waals surface area contributed by atoms with Crippen LogP contribution >= 0.6 is 0 Å². The minimum Gasteiger partial charge on any atom is -0.228 e. The molecular formula is C14H22O2S. The van der Waals surface area contributed by atoms with E-state index in [2.05, 4.69) is 0 Å². The molecule has 0 radical (unpaired) electrons. The van der Waals surface area contributed by atoms with Gasteiger partial charge in [-0.15, -0.1) is 0 Å². The standard InChI is InChI=1S/C14H22O2S/c1-5-11-14(3,4)17(15,16)12(2)13-9-7-6-8-10-13/h6-10,12H,5,11H2,1-4H3. The molecule has 0 aliphatic carbocycles. The van der Waals surface area contributed by atoms with Crippen molar-refractivity contribution in [1.82, 2.24) is 0 Å². The zero-order chi connectivity index (χ0) is 13.1. The van der Waals surface area contributed by atoms with Crippen molar-refractivity contribution in [1.29, 1.82) is 0 Å². The SMILES string of the molecule is CCCC(C)(C)S(=O)(=O)C(C)c1ccccc1. The van der Waals surface area contributed by atoms with Gasteiger partial charge in [-0.2, -0.15) is 0 Å². The number of hydrogen-bond acceptors (Lipinski definition) is 2. The van der Waals surface area contributed by atoms with E-state index in [1.165, 1.54) is 0 Å². The molecule has 0 amide bonds. The van der Waals surface area contributed by atoms with Gasteiger partial charge in [0.2, 0.25) is 0 Å². The molecule has 0 spiro atoms. The van der Waals surface area contributed by atoms with Crippen LogP contribution in [0, 0.1) is 0 Å². The van der Waals surface area contributed by atoms with E-state index in [4.69, 9.17) is 0 Å². The summed E-state index contributed by atoms with van der Waals surface area (Å²) in [6.45, 7) is 7.45. The van der Waals surface area contributed by atoms with Crippen LogP contribution < -0.4 is 0 Å². The van der Waals surface area contributed by atoms with E-state index in [1.807, 2.05) is 51.1 Å². The zero-order valence-electron chi connectivity index (χ0n) is 11.1. The average Bonchev–Trinajstić information content (AvgIpc) is 2.29. The van der Waals surface area contributed by atoms with Crippen molar-refractivity contribution in [2.24, 2.45) is 0 Å². The number of hydrogen-bond donors (Lipinski definition) is 0. The van der Waals surface area contributed by atoms with E-state index < -0.39 is 19.8 Å². The van der Waals surface area contributed by atoms with Gasteiger partial charge in [0.15, 0.2) is 9.84 Å². The first kappa shape index (κ1) is 14.2. The van der Waals surface area contributed by atoms with Crippen LogP contribution in [0.4, 0.5) is 0 Å². The van der Waals surface area contributed by atoms with E-state index in [-0.39, 0.29) is 0 Å². The van der Waals surface area contributed by atoms with Crippen molar-refractivity contribution in [2.75, 3.05) is 0 Å². The summed E-state index contributed by atoms with van der Waals surface area (Å²) in [4.78, 5) is 0. The van der Waals surface area contributed by atoms with Gasteiger partial charge in [0, 0.05) is 0 Å². The molecule has 3 heteroatoms. The van der Waals surface area contributed by atoms with Gasteiger partial charge in [0.1, 0.15) is 0 Å². The Morgan fingerprint density at radius 1 is 1.18 bits per heavy atom.